The molecular weight excluding hydrogens is 260 g/mol. The molecule has 0 fully saturated rings. The molecule has 21 heavy (non-hydrogen) atoms. The van der Waals surface area contributed by atoms with E-state index in [2.05, 4.69) is 26.8 Å². The highest BCUT2D eigenvalue weighted by molar-refractivity contribution is 6.22. The van der Waals surface area contributed by atoms with Gasteiger partial charge in [0.2, 0.25) is 0 Å². The fraction of sp³-hybridized carbons (Fsp3) is 0.579. The highest BCUT2D eigenvalue weighted by Gasteiger charge is 2.33. The summed E-state index contributed by atoms with van der Waals surface area (Å²) in [7, 11) is 0. The molecule has 0 amide bonds. The Kier molecular flexibility index (Phi) is 5.49. The Labute approximate surface area is 129 Å². The quantitative estimate of drug-likeness (QED) is 0.537. The molecule has 0 saturated carbocycles. The van der Waals surface area contributed by atoms with Crippen molar-refractivity contribution < 1.29 is 9.59 Å². The summed E-state index contributed by atoms with van der Waals surface area (Å²) in [5.74, 6) is 0.624. The van der Waals surface area contributed by atoms with E-state index in [9.17, 15) is 9.59 Å². The molecule has 0 saturated heterocycles. The summed E-state index contributed by atoms with van der Waals surface area (Å²) in [6.07, 6.45) is 5.60. The lowest BCUT2D eigenvalue weighted by Crippen LogP contribution is -2.27. The van der Waals surface area contributed by atoms with Gasteiger partial charge in [0, 0.05) is 16.7 Å². The zero-order valence-electron chi connectivity index (χ0n) is 14.5. The van der Waals surface area contributed by atoms with Crippen LogP contribution in [0.1, 0.15) is 61.3 Å². The Hall–Kier alpha value is -1.44. The summed E-state index contributed by atoms with van der Waals surface area (Å²) in [4.78, 5) is 24.4. The van der Waals surface area contributed by atoms with E-state index >= 15 is 0 Å². The minimum Gasteiger partial charge on any atom is -0.290 e. The highest BCUT2D eigenvalue weighted by atomic mass is 16.1. The predicted molar refractivity (Wildman–Crippen MR) is 88.1 cm³/mol. The molecule has 116 valence electrons. The molecule has 1 aliphatic carbocycles. The molecule has 0 bridgehead atoms. The van der Waals surface area contributed by atoms with Gasteiger partial charge in [-0.15, -0.1) is 0 Å². The third-order valence-corrected chi connectivity index (χ3v) is 4.21. The van der Waals surface area contributed by atoms with Crippen LogP contribution < -0.4 is 0 Å². The van der Waals surface area contributed by atoms with Gasteiger partial charge in [-0.25, -0.2) is 0 Å². The van der Waals surface area contributed by atoms with Crippen molar-refractivity contribution >= 4 is 11.6 Å². The lowest BCUT2D eigenvalue weighted by Gasteiger charge is -2.29. The minimum absolute atomic E-state index is 0.0204. The van der Waals surface area contributed by atoms with Crippen molar-refractivity contribution in [2.24, 2.45) is 11.3 Å². The van der Waals surface area contributed by atoms with Crippen LogP contribution in [0.15, 0.2) is 34.4 Å². The van der Waals surface area contributed by atoms with Crippen LogP contribution >= 0.6 is 0 Å². The molecule has 1 rings (SSSR count). The smallest absolute Gasteiger partial charge is 0.185 e. The molecular formula is C19H28O2. The van der Waals surface area contributed by atoms with Gasteiger partial charge in [-0.05, 0) is 51.0 Å². The van der Waals surface area contributed by atoms with Crippen LogP contribution in [0.4, 0.5) is 0 Å². The first-order chi connectivity index (χ1) is 9.56. The first-order valence-electron chi connectivity index (χ1n) is 7.70. The number of hydrogen-bond acceptors (Lipinski definition) is 2. The van der Waals surface area contributed by atoms with Crippen molar-refractivity contribution in [1.29, 1.82) is 0 Å². The van der Waals surface area contributed by atoms with E-state index in [4.69, 9.17) is 0 Å². The Bertz CT molecular complexity index is 540. The van der Waals surface area contributed by atoms with Gasteiger partial charge in [0.15, 0.2) is 11.6 Å². The molecule has 2 nitrogen and oxygen atoms in total. The summed E-state index contributed by atoms with van der Waals surface area (Å²) in [6.45, 7) is 14.1. The van der Waals surface area contributed by atoms with E-state index in [1.165, 1.54) is 11.6 Å². The van der Waals surface area contributed by atoms with Gasteiger partial charge in [0.25, 0.3) is 0 Å². The number of carbonyl (C=O) groups excluding carboxylic acids is 2. The van der Waals surface area contributed by atoms with Gasteiger partial charge < -0.3 is 0 Å². The fourth-order valence-electron chi connectivity index (χ4n) is 2.63. The van der Waals surface area contributed by atoms with E-state index in [0.717, 1.165) is 12.8 Å². The SMILES string of the molecule is CC1=C(C)C(=O)C(C(C)(C)C/C=C(\C)CC(C)C)=CC1=O. The molecule has 1 aliphatic rings. The minimum atomic E-state index is -0.313. The average molecular weight is 288 g/mol. The normalized spacial score (nSPS) is 17.7. The topological polar surface area (TPSA) is 34.1 Å². The number of Topliss-reactive ketones (excluding diaryl/α,β-unsaturated/α-hetero) is 1. The second-order valence-electron chi connectivity index (χ2n) is 7.24. The summed E-state index contributed by atoms with van der Waals surface area (Å²) in [5, 5.41) is 0. The number of ketones is 2. The third-order valence-electron chi connectivity index (χ3n) is 4.21. The van der Waals surface area contributed by atoms with Gasteiger partial charge in [-0.3, -0.25) is 9.59 Å². The number of carbonyl (C=O) groups is 2. The molecule has 0 unspecified atom stereocenters. The van der Waals surface area contributed by atoms with Crippen molar-refractivity contribution in [1.82, 2.24) is 0 Å². The van der Waals surface area contributed by atoms with Crippen LogP contribution in [-0.2, 0) is 9.59 Å². The number of rotatable bonds is 5. The van der Waals surface area contributed by atoms with E-state index in [-0.39, 0.29) is 17.0 Å². The molecule has 0 atom stereocenters. The Balaban J connectivity index is 2.96. The molecule has 0 aromatic rings. The Morgan fingerprint density at radius 3 is 2.29 bits per heavy atom. The van der Waals surface area contributed by atoms with Crippen LogP contribution in [-0.4, -0.2) is 11.6 Å². The van der Waals surface area contributed by atoms with Crippen LogP contribution in [0.2, 0.25) is 0 Å². The molecule has 2 heteroatoms. The number of allylic oxidation sites excluding steroid dienone is 6. The molecule has 0 aromatic heterocycles. The Morgan fingerprint density at radius 1 is 1.19 bits per heavy atom. The van der Waals surface area contributed by atoms with E-state index in [0.29, 0.717) is 22.6 Å². The number of hydrogen-bond donors (Lipinski definition) is 0. The Morgan fingerprint density at radius 2 is 1.76 bits per heavy atom. The van der Waals surface area contributed by atoms with Crippen molar-refractivity contribution in [3.8, 4) is 0 Å². The summed E-state index contributed by atoms with van der Waals surface area (Å²) in [5.41, 5.74) is 2.84. The van der Waals surface area contributed by atoms with Crippen LogP contribution in [0, 0.1) is 11.3 Å². The highest BCUT2D eigenvalue weighted by Crippen LogP contribution is 2.36. The monoisotopic (exact) mass is 288 g/mol. The van der Waals surface area contributed by atoms with Crippen molar-refractivity contribution in [2.75, 3.05) is 0 Å². The summed E-state index contributed by atoms with van der Waals surface area (Å²) >= 11 is 0. The predicted octanol–water partition coefficient (Wildman–Crippen LogP) is 4.81. The van der Waals surface area contributed by atoms with Crippen LogP contribution in [0.25, 0.3) is 0 Å². The van der Waals surface area contributed by atoms with Gasteiger partial charge in [-0.2, -0.15) is 0 Å². The maximum Gasteiger partial charge on any atom is 0.185 e. The molecule has 0 heterocycles. The van der Waals surface area contributed by atoms with E-state index in [1.54, 1.807) is 13.8 Å². The molecule has 0 spiro atoms. The lowest BCUT2D eigenvalue weighted by molar-refractivity contribution is -0.116. The van der Waals surface area contributed by atoms with Gasteiger partial charge in [0.1, 0.15) is 0 Å². The average Bonchev–Trinajstić information content (AvgIpc) is 2.37. The zero-order valence-corrected chi connectivity index (χ0v) is 14.5. The second kappa shape index (κ2) is 6.55. The van der Waals surface area contributed by atoms with Crippen LogP contribution in [0.5, 0.6) is 0 Å². The van der Waals surface area contributed by atoms with Crippen molar-refractivity contribution in [3.63, 3.8) is 0 Å². The maximum absolute atomic E-state index is 12.5. The lowest BCUT2D eigenvalue weighted by atomic mass is 9.74. The molecule has 0 N–H and O–H groups in total. The van der Waals surface area contributed by atoms with Gasteiger partial charge in [0.05, 0.1) is 0 Å². The van der Waals surface area contributed by atoms with Crippen molar-refractivity contribution in [3.05, 3.63) is 34.4 Å². The van der Waals surface area contributed by atoms with Crippen molar-refractivity contribution in [2.45, 2.75) is 61.3 Å². The molecule has 0 aromatic carbocycles. The third kappa shape index (κ3) is 4.26. The standard InChI is InChI=1S/C19H28O2/c1-12(2)10-13(3)8-9-19(6,7)16-11-17(20)14(4)15(5)18(16)21/h8,11-12H,9-10H2,1-7H3/b13-8+. The fourth-order valence-corrected chi connectivity index (χ4v) is 2.63. The van der Waals surface area contributed by atoms with Crippen LogP contribution in [0.3, 0.4) is 0 Å². The summed E-state index contributed by atoms with van der Waals surface area (Å²) in [6, 6.07) is 0. The first-order valence-corrected chi connectivity index (χ1v) is 7.70. The van der Waals surface area contributed by atoms with Gasteiger partial charge in [-0.1, -0.05) is 39.3 Å². The molecule has 0 radical (unpaired) electrons. The van der Waals surface area contributed by atoms with E-state index < -0.39 is 0 Å². The van der Waals surface area contributed by atoms with Gasteiger partial charge >= 0.3 is 0 Å². The van der Waals surface area contributed by atoms with E-state index in [1.807, 2.05) is 13.8 Å². The first kappa shape index (κ1) is 17.6. The second-order valence-corrected chi connectivity index (χ2v) is 7.24. The maximum atomic E-state index is 12.5. The zero-order chi connectivity index (χ0) is 16.4. The molecule has 0 aliphatic heterocycles. The summed E-state index contributed by atoms with van der Waals surface area (Å²) < 4.78 is 0. The largest absolute Gasteiger partial charge is 0.290 e.